The molecule has 1 aromatic carbocycles. The maximum atomic E-state index is 12.3. The first kappa shape index (κ1) is 12.6. The van der Waals surface area contributed by atoms with E-state index in [1.807, 2.05) is 6.07 Å². The summed E-state index contributed by atoms with van der Waals surface area (Å²) in [5.41, 5.74) is 3.39. The Morgan fingerprint density at radius 1 is 1.24 bits per heavy atom. The standard InChI is InChI=1S/C17H17NO3/c1-10-15(9-20-18-10)17(19)21-16-8-13(11-2-3-11)6-7-14(16)12-4-5-12/h6-9,11-12H,2-5H2,1H3. The molecule has 21 heavy (non-hydrogen) atoms. The van der Waals surface area contributed by atoms with Crippen LogP contribution in [0.3, 0.4) is 0 Å². The summed E-state index contributed by atoms with van der Waals surface area (Å²) in [6.07, 6.45) is 6.18. The van der Waals surface area contributed by atoms with Crippen molar-refractivity contribution < 1.29 is 14.1 Å². The number of aryl methyl sites for hydroxylation is 1. The van der Waals surface area contributed by atoms with Crippen LogP contribution >= 0.6 is 0 Å². The third-order valence-corrected chi connectivity index (χ3v) is 4.28. The van der Waals surface area contributed by atoms with Gasteiger partial charge in [-0.1, -0.05) is 17.3 Å². The van der Waals surface area contributed by atoms with Crippen molar-refractivity contribution in [3.8, 4) is 5.75 Å². The quantitative estimate of drug-likeness (QED) is 0.629. The molecule has 0 N–H and O–H groups in total. The fraction of sp³-hybridized carbons (Fsp3) is 0.412. The molecule has 2 saturated carbocycles. The summed E-state index contributed by atoms with van der Waals surface area (Å²) in [5, 5.41) is 3.73. The summed E-state index contributed by atoms with van der Waals surface area (Å²) in [7, 11) is 0. The minimum Gasteiger partial charge on any atom is -0.422 e. The van der Waals surface area contributed by atoms with Gasteiger partial charge in [-0.25, -0.2) is 4.79 Å². The van der Waals surface area contributed by atoms with Crippen LogP contribution in [0.2, 0.25) is 0 Å². The normalized spacial score (nSPS) is 17.8. The van der Waals surface area contributed by atoms with Crippen LogP contribution in [-0.2, 0) is 0 Å². The van der Waals surface area contributed by atoms with Crippen LogP contribution in [0, 0.1) is 6.92 Å². The lowest BCUT2D eigenvalue weighted by Gasteiger charge is -2.11. The first-order valence-electron chi connectivity index (χ1n) is 7.49. The Morgan fingerprint density at radius 3 is 2.62 bits per heavy atom. The Balaban J connectivity index is 1.64. The molecule has 0 radical (unpaired) electrons. The van der Waals surface area contributed by atoms with Gasteiger partial charge >= 0.3 is 5.97 Å². The molecule has 1 aromatic heterocycles. The second-order valence-electron chi connectivity index (χ2n) is 6.05. The van der Waals surface area contributed by atoms with Crippen LogP contribution in [0.4, 0.5) is 0 Å². The van der Waals surface area contributed by atoms with Crippen molar-refractivity contribution in [3.05, 3.63) is 46.8 Å². The molecule has 0 saturated heterocycles. The highest BCUT2D eigenvalue weighted by molar-refractivity contribution is 5.91. The van der Waals surface area contributed by atoms with E-state index < -0.39 is 0 Å². The van der Waals surface area contributed by atoms with E-state index in [9.17, 15) is 4.79 Å². The fourth-order valence-electron chi connectivity index (χ4n) is 2.68. The molecule has 2 aromatic rings. The van der Waals surface area contributed by atoms with E-state index in [1.54, 1.807) is 6.92 Å². The lowest BCUT2D eigenvalue weighted by Crippen LogP contribution is -2.10. The zero-order valence-corrected chi connectivity index (χ0v) is 12.0. The number of hydrogen-bond acceptors (Lipinski definition) is 4. The van der Waals surface area contributed by atoms with E-state index in [1.165, 1.54) is 37.5 Å². The fourth-order valence-corrected chi connectivity index (χ4v) is 2.68. The van der Waals surface area contributed by atoms with Gasteiger partial charge in [0, 0.05) is 0 Å². The van der Waals surface area contributed by atoms with Gasteiger partial charge in [0.25, 0.3) is 0 Å². The molecule has 4 rings (SSSR count). The first-order valence-corrected chi connectivity index (χ1v) is 7.49. The Labute approximate surface area is 123 Å². The van der Waals surface area contributed by atoms with E-state index >= 15 is 0 Å². The van der Waals surface area contributed by atoms with Crippen molar-refractivity contribution >= 4 is 5.97 Å². The van der Waals surface area contributed by atoms with Crippen molar-refractivity contribution in [2.75, 3.05) is 0 Å². The predicted molar refractivity (Wildman–Crippen MR) is 76.6 cm³/mol. The molecule has 2 aliphatic carbocycles. The average molecular weight is 283 g/mol. The maximum Gasteiger partial charge on any atom is 0.348 e. The van der Waals surface area contributed by atoms with Crippen molar-refractivity contribution in [2.24, 2.45) is 0 Å². The largest absolute Gasteiger partial charge is 0.422 e. The molecular formula is C17H17NO3. The minimum absolute atomic E-state index is 0.386. The number of carbonyl (C=O) groups is 1. The molecule has 2 aliphatic rings. The Kier molecular flexibility index (Phi) is 2.84. The van der Waals surface area contributed by atoms with Crippen LogP contribution in [-0.4, -0.2) is 11.1 Å². The number of aromatic nitrogens is 1. The molecule has 2 fully saturated rings. The van der Waals surface area contributed by atoms with Gasteiger partial charge in [-0.2, -0.15) is 0 Å². The van der Waals surface area contributed by atoms with E-state index in [0.717, 1.165) is 5.56 Å². The SMILES string of the molecule is Cc1nocc1C(=O)Oc1cc(C2CC2)ccc1C1CC1. The van der Waals surface area contributed by atoms with Gasteiger partial charge in [0.05, 0.1) is 5.69 Å². The van der Waals surface area contributed by atoms with Gasteiger partial charge in [0.15, 0.2) is 0 Å². The topological polar surface area (TPSA) is 52.3 Å². The van der Waals surface area contributed by atoms with Crippen molar-refractivity contribution in [1.82, 2.24) is 5.16 Å². The molecule has 4 heteroatoms. The Hall–Kier alpha value is -2.10. The van der Waals surface area contributed by atoms with Gasteiger partial charge in [-0.3, -0.25) is 0 Å². The molecule has 0 aliphatic heterocycles. The summed E-state index contributed by atoms with van der Waals surface area (Å²) in [5.74, 6) is 1.52. The van der Waals surface area contributed by atoms with Crippen LogP contribution < -0.4 is 4.74 Å². The highest BCUT2D eigenvalue weighted by Gasteiger charge is 2.30. The molecule has 0 spiro atoms. The molecule has 0 atom stereocenters. The van der Waals surface area contributed by atoms with Crippen LogP contribution in [0.5, 0.6) is 5.75 Å². The Bertz CT molecular complexity index is 696. The van der Waals surface area contributed by atoms with E-state index in [2.05, 4.69) is 17.3 Å². The average Bonchev–Trinajstić information content (AvgIpc) is 3.36. The third-order valence-electron chi connectivity index (χ3n) is 4.28. The molecule has 4 nitrogen and oxygen atoms in total. The number of carbonyl (C=O) groups excluding carboxylic acids is 1. The van der Waals surface area contributed by atoms with Crippen molar-refractivity contribution in [1.29, 1.82) is 0 Å². The molecular weight excluding hydrogens is 266 g/mol. The molecule has 0 amide bonds. The molecule has 0 unspecified atom stereocenters. The van der Waals surface area contributed by atoms with Crippen LogP contribution in [0.15, 0.2) is 29.0 Å². The van der Waals surface area contributed by atoms with Crippen molar-refractivity contribution in [2.45, 2.75) is 44.4 Å². The number of benzene rings is 1. The summed E-state index contributed by atoms with van der Waals surface area (Å²) in [6, 6.07) is 6.37. The van der Waals surface area contributed by atoms with E-state index in [-0.39, 0.29) is 5.97 Å². The van der Waals surface area contributed by atoms with E-state index in [4.69, 9.17) is 9.26 Å². The van der Waals surface area contributed by atoms with Crippen molar-refractivity contribution in [3.63, 3.8) is 0 Å². The third kappa shape index (κ3) is 2.46. The van der Waals surface area contributed by atoms with Crippen LogP contribution in [0.1, 0.15) is 64.7 Å². The van der Waals surface area contributed by atoms with Gasteiger partial charge in [0.1, 0.15) is 17.6 Å². The number of nitrogens with zero attached hydrogens (tertiary/aromatic N) is 1. The summed E-state index contributed by atoms with van der Waals surface area (Å²) < 4.78 is 10.5. The monoisotopic (exact) mass is 283 g/mol. The smallest absolute Gasteiger partial charge is 0.348 e. The number of ether oxygens (including phenoxy) is 1. The van der Waals surface area contributed by atoms with Gasteiger partial charge in [-0.15, -0.1) is 0 Å². The molecule has 108 valence electrons. The predicted octanol–water partition coefficient (Wildman–Crippen LogP) is 3.96. The first-order chi connectivity index (χ1) is 10.2. The summed E-state index contributed by atoms with van der Waals surface area (Å²) in [4.78, 5) is 12.3. The lowest BCUT2D eigenvalue weighted by atomic mass is 10.0. The second-order valence-corrected chi connectivity index (χ2v) is 6.05. The lowest BCUT2D eigenvalue weighted by molar-refractivity contribution is 0.0731. The van der Waals surface area contributed by atoms with Gasteiger partial charge < -0.3 is 9.26 Å². The number of rotatable bonds is 4. The van der Waals surface area contributed by atoms with E-state index in [0.29, 0.717) is 28.8 Å². The zero-order chi connectivity index (χ0) is 14.4. The minimum atomic E-state index is -0.386. The van der Waals surface area contributed by atoms with Crippen LogP contribution in [0.25, 0.3) is 0 Å². The summed E-state index contributed by atoms with van der Waals surface area (Å²) >= 11 is 0. The Morgan fingerprint density at radius 2 is 2.00 bits per heavy atom. The van der Waals surface area contributed by atoms with Gasteiger partial charge in [0.2, 0.25) is 0 Å². The summed E-state index contributed by atoms with van der Waals surface area (Å²) in [6.45, 7) is 1.74. The zero-order valence-electron chi connectivity index (χ0n) is 12.0. The highest BCUT2D eigenvalue weighted by atomic mass is 16.5. The molecule has 0 bridgehead atoms. The highest BCUT2D eigenvalue weighted by Crippen LogP contribution is 2.47. The molecule has 1 heterocycles. The number of hydrogen-bond donors (Lipinski definition) is 0. The van der Waals surface area contributed by atoms with Gasteiger partial charge in [-0.05, 0) is 61.6 Å². The number of esters is 1. The maximum absolute atomic E-state index is 12.3. The second kappa shape index (κ2) is 4.72.